The molecule has 2 amide bonds. The Morgan fingerprint density at radius 3 is 2.68 bits per heavy atom. The molecule has 166 valence electrons. The fraction of sp³-hybridized carbons (Fsp3) is 0.412. The van der Waals surface area contributed by atoms with E-state index in [0.29, 0.717) is 0 Å². The molecule has 0 spiro atoms. The predicted molar refractivity (Wildman–Crippen MR) is 96.4 cm³/mol. The van der Waals surface area contributed by atoms with E-state index in [9.17, 15) is 31.1 Å². The molecular weight excluding hydrogens is 432 g/mol. The molecular formula is C17H15F6N7O. The van der Waals surface area contributed by atoms with Gasteiger partial charge < -0.3 is 4.90 Å². The van der Waals surface area contributed by atoms with Crippen molar-refractivity contribution in [1.29, 1.82) is 0 Å². The van der Waals surface area contributed by atoms with Crippen molar-refractivity contribution in [2.45, 2.75) is 24.9 Å². The number of fused-ring (bicyclic) bond motifs is 3. The van der Waals surface area contributed by atoms with Crippen molar-refractivity contribution in [1.82, 2.24) is 24.8 Å². The maximum absolute atomic E-state index is 14.0. The lowest BCUT2D eigenvalue weighted by Gasteiger charge is -2.29. The minimum atomic E-state index is -4.82. The number of amides is 2. The molecule has 31 heavy (non-hydrogen) atoms. The highest BCUT2D eigenvalue weighted by atomic mass is 19.4. The van der Waals surface area contributed by atoms with Crippen LogP contribution in [-0.2, 0) is 5.41 Å². The lowest BCUT2D eigenvalue weighted by Crippen LogP contribution is -2.49. The summed E-state index contributed by atoms with van der Waals surface area (Å²) < 4.78 is 82.3. The average molecular weight is 447 g/mol. The van der Waals surface area contributed by atoms with Gasteiger partial charge in [0.15, 0.2) is 5.65 Å². The molecule has 2 aliphatic heterocycles. The summed E-state index contributed by atoms with van der Waals surface area (Å²) in [5.41, 5.74) is -3.98. The molecule has 0 saturated heterocycles. The van der Waals surface area contributed by atoms with Gasteiger partial charge in [0.05, 0.1) is 17.6 Å². The summed E-state index contributed by atoms with van der Waals surface area (Å²) in [6.45, 7) is -0.143. The van der Waals surface area contributed by atoms with Gasteiger partial charge in [-0.2, -0.15) is 17.6 Å². The maximum atomic E-state index is 14.0. The van der Waals surface area contributed by atoms with Gasteiger partial charge >= 0.3 is 12.2 Å². The first-order valence-electron chi connectivity index (χ1n) is 8.88. The van der Waals surface area contributed by atoms with Gasteiger partial charge in [0.1, 0.15) is 23.6 Å². The summed E-state index contributed by atoms with van der Waals surface area (Å²) in [6.07, 6.45) is -5.73. The maximum Gasteiger partial charge on any atom is 0.401 e. The molecule has 8 nitrogen and oxygen atoms in total. The van der Waals surface area contributed by atoms with Crippen molar-refractivity contribution in [2.75, 3.05) is 25.2 Å². The quantitative estimate of drug-likeness (QED) is 0.719. The number of nitrogens with zero attached hydrogens (tertiary/aromatic N) is 6. The van der Waals surface area contributed by atoms with Crippen LogP contribution in [0, 0.1) is 5.95 Å². The molecule has 1 atom stereocenters. The third-order valence-corrected chi connectivity index (χ3v) is 5.21. The van der Waals surface area contributed by atoms with Gasteiger partial charge in [-0.05, 0) is 6.92 Å². The highest BCUT2D eigenvalue weighted by Gasteiger charge is 2.60. The van der Waals surface area contributed by atoms with Crippen LogP contribution in [0.3, 0.4) is 0 Å². The van der Waals surface area contributed by atoms with E-state index < -0.39 is 47.9 Å². The molecule has 2 aromatic heterocycles. The Balaban J connectivity index is 1.75. The number of urea groups is 1. The monoisotopic (exact) mass is 447 g/mol. The molecule has 0 fully saturated rings. The number of carbonyl (C=O) groups is 1. The van der Waals surface area contributed by atoms with Crippen molar-refractivity contribution in [2.24, 2.45) is 4.99 Å². The highest BCUT2D eigenvalue weighted by molar-refractivity contribution is 6.00. The zero-order valence-corrected chi connectivity index (χ0v) is 16.1. The number of rotatable bonds is 2. The molecule has 0 radical (unpaired) electrons. The molecule has 2 aromatic rings. The number of halogens is 6. The average Bonchev–Trinajstić information content (AvgIpc) is 3.20. The SMILES string of the molecule is CN1CN=C(C(F)F)C=C1NC(=O)N1C[C@@](C)(C(F)(F)F)c2c1cnc1cc(F)nn21. The van der Waals surface area contributed by atoms with Gasteiger partial charge in [-0.1, -0.05) is 0 Å². The van der Waals surface area contributed by atoms with Gasteiger partial charge in [0.2, 0.25) is 5.95 Å². The Morgan fingerprint density at radius 1 is 1.32 bits per heavy atom. The van der Waals surface area contributed by atoms with E-state index in [2.05, 4.69) is 20.4 Å². The molecule has 0 aromatic carbocycles. The normalized spacial score (nSPS) is 21.5. The number of anilines is 1. The van der Waals surface area contributed by atoms with Gasteiger partial charge in [0, 0.05) is 25.7 Å². The second kappa shape index (κ2) is 6.85. The zero-order valence-electron chi connectivity index (χ0n) is 16.1. The molecule has 0 aliphatic carbocycles. The summed E-state index contributed by atoms with van der Waals surface area (Å²) in [4.78, 5) is 22.5. The molecule has 14 heteroatoms. The van der Waals surface area contributed by atoms with Crippen LogP contribution in [0.2, 0.25) is 0 Å². The zero-order chi connectivity index (χ0) is 22.7. The number of aromatic nitrogens is 3. The Morgan fingerprint density at radius 2 is 2.03 bits per heavy atom. The number of carbonyl (C=O) groups excluding carboxylic acids is 1. The second-order valence-electron chi connectivity index (χ2n) is 7.33. The largest absolute Gasteiger partial charge is 0.401 e. The van der Waals surface area contributed by atoms with E-state index in [1.54, 1.807) is 0 Å². The number of aliphatic imine (C=N–C) groups is 1. The third-order valence-electron chi connectivity index (χ3n) is 5.21. The van der Waals surface area contributed by atoms with E-state index >= 15 is 0 Å². The molecule has 4 rings (SSSR count). The van der Waals surface area contributed by atoms with E-state index in [1.165, 1.54) is 11.9 Å². The second-order valence-corrected chi connectivity index (χ2v) is 7.33. The molecule has 0 saturated carbocycles. The number of hydrogen-bond donors (Lipinski definition) is 1. The Hall–Kier alpha value is -3.32. The van der Waals surface area contributed by atoms with Crippen LogP contribution >= 0.6 is 0 Å². The summed E-state index contributed by atoms with van der Waals surface area (Å²) in [7, 11) is 1.47. The van der Waals surface area contributed by atoms with Crippen LogP contribution in [-0.4, -0.2) is 64.1 Å². The van der Waals surface area contributed by atoms with Crippen LogP contribution in [0.25, 0.3) is 5.65 Å². The highest BCUT2D eigenvalue weighted by Crippen LogP contribution is 2.49. The topological polar surface area (TPSA) is 78.1 Å². The van der Waals surface area contributed by atoms with Crippen LogP contribution < -0.4 is 10.2 Å². The van der Waals surface area contributed by atoms with Crippen LogP contribution in [0.4, 0.5) is 36.8 Å². The lowest BCUT2D eigenvalue weighted by atomic mass is 9.88. The fourth-order valence-electron chi connectivity index (χ4n) is 3.49. The predicted octanol–water partition coefficient (Wildman–Crippen LogP) is 2.67. The Bertz CT molecular complexity index is 1120. The molecule has 1 N–H and O–H groups in total. The fourth-order valence-corrected chi connectivity index (χ4v) is 3.49. The van der Waals surface area contributed by atoms with Crippen LogP contribution in [0.1, 0.15) is 12.6 Å². The summed E-state index contributed by atoms with van der Waals surface area (Å²) in [6, 6.07) is -0.135. The lowest BCUT2D eigenvalue weighted by molar-refractivity contribution is -0.181. The molecule has 4 heterocycles. The molecule has 2 aliphatic rings. The van der Waals surface area contributed by atoms with Crippen LogP contribution in [0.15, 0.2) is 29.2 Å². The third kappa shape index (κ3) is 3.25. The van der Waals surface area contributed by atoms with Gasteiger partial charge in [-0.25, -0.2) is 23.1 Å². The summed E-state index contributed by atoms with van der Waals surface area (Å²) in [5.74, 6) is -1.09. The van der Waals surface area contributed by atoms with Crippen molar-refractivity contribution < 1.29 is 31.1 Å². The number of alkyl halides is 5. The van der Waals surface area contributed by atoms with Gasteiger partial charge in [0.25, 0.3) is 6.43 Å². The van der Waals surface area contributed by atoms with E-state index in [0.717, 1.165) is 34.7 Å². The number of hydrogen-bond acceptors (Lipinski definition) is 5. The van der Waals surface area contributed by atoms with Crippen molar-refractivity contribution >= 4 is 23.1 Å². The molecule has 0 unspecified atom stereocenters. The summed E-state index contributed by atoms with van der Waals surface area (Å²) >= 11 is 0. The Labute approximate surface area is 170 Å². The van der Waals surface area contributed by atoms with Gasteiger partial charge in [-0.3, -0.25) is 15.2 Å². The van der Waals surface area contributed by atoms with Gasteiger partial charge in [-0.15, -0.1) is 5.10 Å². The summed E-state index contributed by atoms with van der Waals surface area (Å²) in [5, 5.41) is 5.79. The van der Waals surface area contributed by atoms with E-state index in [-0.39, 0.29) is 23.8 Å². The first kappa shape index (κ1) is 20.9. The van der Waals surface area contributed by atoms with E-state index in [1.807, 2.05) is 0 Å². The van der Waals surface area contributed by atoms with E-state index in [4.69, 9.17) is 0 Å². The van der Waals surface area contributed by atoms with Crippen molar-refractivity contribution in [3.05, 3.63) is 35.8 Å². The van der Waals surface area contributed by atoms with Crippen LogP contribution in [0.5, 0.6) is 0 Å². The standard InChI is InChI=1S/C17H15F6N7O/c1-16(17(21,22)23)6-29(9-5-24-11-4-10(18)27-30(11)13(9)16)15(31)26-12-3-8(14(19)20)25-7-28(12)2/h3-5,14H,6-7H2,1-2H3,(H,26,31)/t16-/m1/s1. The number of nitrogens with one attached hydrogen (secondary N) is 1. The van der Waals surface area contributed by atoms with Crippen molar-refractivity contribution in [3.8, 4) is 0 Å². The first-order valence-corrected chi connectivity index (χ1v) is 8.88. The Kier molecular flexibility index (Phi) is 4.63. The molecule has 0 bridgehead atoms. The minimum Gasteiger partial charge on any atom is -0.342 e. The van der Waals surface area contributed by atoms with Crippen molar-refractivity contribution in [3.63, 3.8) is 0 Å². The number of allylic oxidation sites excluding steroid dienone is 1. The first-order chi connectivity index (χ1) is 14.4. The smallest absolute Gasteiger partial charge is 0.342 e. The minimum absolute atomic E-state index is 0.0587.